The van der Waals surface area contributed by atoms with E-state index < -0.39 is 0 Å². The Kier molecular flexibility index (Phi) is 3.91. The molecule has 0 saturated carbocycles. The van der Waals surface area contributed by atoms with Crippen molar-refractivity contribution in [2.75, 3.05) is 11.9 Å². The first-order valence-corrected chi connectivity index (χ1v) is 6.85. The largest absolute Gasteiger partial charge is 0.360 e. The van der Waals surface area contributed by atoms with Gasteiger partial charge >= 0.3 is 0 Å². The number of pyridine rings is 1. The van der Waals surface area contributed by atoms with Crippen molar-refractivity contribution in [2.45, 2.75) is 32.6 Å². The second-order valence-corrected chi connectivity index (χ2v) is 6.14. The molecular weight excluding hydrogens is 244 g/mol. The lowest BCUT2D eigenvalue weighted by Crippen LogP contribution is -2.10. The molecule has 0 unspecified atom stereocenters. The number of hydrogen-bond donors (Lipinski definition) is 1. The van der Waals surface area contributed by atoms with E-state index in [9.17, 15) is 0 Å². The number of nitrogens with zero attached hydrogens (tertiary/aromatic N) is 3. The minimum atomic E-state index is 0.0680. The van der Waals surface area contributed by atoms with E-state index in [0.717, 1.165) is 28.8 Å². The third-order valence-electron chi connectivity index (χ3n) is 2.45. The normalized spacial score (nSPS) is 11.5. The summed E-state index contributed by atoms with van der Waals surface area (Å²) in [6.07, 6.45) is 2.71. The van der Waals surface area contributed by atoms with Crippen LogP contribution in [0.15, 0.2) is 24.4 Å². The molecule has 0 amide bonds. The summed E-state index contributed by atoms with van der Waals surface area (Å²) in [6.45, 7) is 7.26. The van der Waals surface area contributed by atoms with Crippen molar-refractivity contribution in [3.05, 3.63) is 35.1 Å². The van der Waals surface area contributed by atoms with Gasteiger partial charge in [-0.1, -0.05) is 38.2 Å². The highest BCUT2D eigenvalue weighted by molar-refractivity contribution is 7.15. The monoisotopic (exact) mass is 262 g/mol. The Morgan fingerprint density at radius 1 is 1.22 bits per heavy atom. The molecule has 0 aliphatic heterocycles. The summed E-state index contributed by atoms with van der Waals surface area (Å²) in [4.78, 5) is 4.28. The zero-order valence-corrected chi connectivity index (χ0v) is 11.8. The first kappa shape index (κ1) is 13.0. The molecule has 2 aromatic rings. The van der Waals surface area contributed by atoms with Crippen molar-refractivity contribution in [3.63, 3.8) is 0 Å². The van der Waals surface area contributed by atoms with Gasteiger partial charge in [-0.2, -0.15) is 0 Å². The second-order valence-electron chi connectivity index (χ2n) is 5.16. The van der Waals surface area contributed by atoms with Crippen LogP contribution in [0.3, 0.4) is 0 Å². The quantitative estimate of drug-likeness (QED) is 0.920. The minimum Gasteiger partial charge on any atom is -0.360 e. The fraction of sp³-hybridized carbons (Fsp3) is 0.462. The summed E-state index contributed by atoms with van der Waals surface area (Å²) in [5.41, 5.74) is 1.16. The smallest absolute Gasteiger partial charge is 0.205 e. The van der Waals surface area contributed by atoms with E-state index in [2.05, 4.69) is 41.3 Å². The molecule has 0 spiro atoms. The Morgan fingerprint density at radius 3 is 2.67 bits per heavy atom. The van der Waals surface area contributed by atoms with Gasteiger partial charge in [-0.25, -0.2) is 0 Å². The SMILES string of the molecule is CC(C)(C)c1nnc(NCCc2ccccn2)s1. The second kappa shape index (κ2) is 5.44. The number of aromatic nitrogens is 3. The van der Waals surface area contributed by atoms with E-state index in [1.807, 2.05) is 24.4 Å². The molecule has 0 saturated heterocycles. The predicted molar refractivity (Wildman–Crippen MR) is 75.0 cm³/mol. The van der Waals surface area contributed by atoms with Crippen LogP contribution in [0.25, 0.3) is 0 Å². The van der Waals surface area contributed by atoms with Crippen LogP contribution in [0, 0.1) is 0 Å². The number of rotatable bonds is 4. The van der Waals surface area contributed by atoms with Crippen LogP contribution in [0.1, 0.15) is 31.5 Å². The molecule has 0 radical (unpaired) electrons. The molecule has 5 heteroatoms. The van der Waals surface area contributed by atoms with Gasteiger partial charge in [0.1, 0.15) is 5.01 Å². The Bertz CT molecular complexity index is 487. The molecule has 0 fully saturated rings. The highest BCUT2D eigenvalue weighted by atomic mass is 32.1. The van der Waals surface area contributed by atoms with Crippen LogP contribution in [-0.4, -0.2) is 21.7 Å². The molecule has 0 aliphatic rings. The maximum atomic E-state index is 4.28. The van der Waals surface area contributed by atoms with Crippen LogP contribution in [-0.2, 0) is 11.8 Å². The lowest BCUT2D eigenvalue weighted by Gasteiger charge is -2.12. The number of anilines is 1. The molecule has 0 atom stereocenters. The van der Waals surface area contributed by atoms with Gasteiger partial charge in [0, 0.05) is 30.3 Å². The lowest BCUT2D eigenvalue weighted by molar-refractivity contribution is 0.578. The van der Waals surface area contributed by atoms with Crippen molar-refractivity contribution in [3.8, 4) is 0 Å². The Hall–Kier alpha value is -1.49. The molecule has 2 heterocycles. The van der Waals surface area contributed by atoms with Crippen molar-refractivity contribution in [2.24, 2.45) is 0 Å². The standard InChI is InChI=1S/C13H18N4S/c1-13(2,3)11-16-17-12(18-11)15-9-7-10-6-4-5-8-14-10/h4-6,8H,7,9H2,1-3H3,(H,15,17). The highest BCUT2D eigenvalue weighted by Crippen LogP contribution is 2.27. The van der Waals surface area contributed by atoms with E-state index in [0.29, 0.717) is 0 Å². The van der Waals surface area contributed by atoms with E-state index in [1.165, 1.54) is 0 Å². The summed E-state index contributed by atoms with van der Waals surface area (Å²) >= 11 is 1.62. The van der Waals surface area contributed by atoms with Gasteiger partial charge in [-0.15, -0.1) is 10.2 Å². The van der Waals surface area contributed by atoms with Crippen LogP contribution in [0.4, 0.5) is 5.13 Å². The van der Waals surface area contributed by atoms with Crippen LogP contribution >= 0.6 is 11.3 Å². The molecule has 2 aromatic heterocycles. The predicted octanol–water partition coefficient (Wildman–Crippen LogP) is 2.89. The van der Waals surface area contributed by atoms with Crippen LogP contribution in [0.2, 0.25) is 0 Å². The van der Waals surface area contributed by atoms with Crippen molar-refractivity contribution in [1.29, 1.82) is 0 Å². The molecule has 0 bridgehead atoms. The summed E-state index contributed by atoms with van der Waals surface area (Å²) in [7, 11) is 0. The minimum absolute atomic E-state index is 0.0680. The van der Waals surface area contributed by atoms with E-state index in [4.69, 9.17) is 0 Å². The summed E-state index contributed by atoms with van der Waals surface area (Å²) in [5.74, 6) is 0. The van der Waals surface area contributed by atoms with Gasteiger partial charge < -0.3 is 5.32 Å². The molecule has 18 heavy (non-hydrogen) atoms. The fourth-order valence-electron chi connectivity index (χ4n) is 1.44. The Balaban J connectivity index is 1.86. The number of nitrogens with one attached hydrogen (secondary N) is 1. The summed E-state index contributed by atoms with van der Waals surface area (Å²) in [5, 5.41) is 13.6. The molecule has 0 aliphatic carbocycles. The summed E-state index contributed by atoms with van der Waals surface area (Å²) < 4.78 is 0. The van der Waals surface area contributed by atoms with Crippen molar-refractivity contribution < 1.29 is 0 Å². The van der Waals surface area contributed by atoms with Crippen molar-refractivity contribution >= 4 is 16.5 Å². The van der Waals surface area contributed by atoms with Gasteiger partial charge in [0.15, 0.2) is 0 Å². The average Bonchev–Trinajstić information content (AvgIpc) is 2.79. The first-order valence-electron chi connectivity index (χ1n) is 6.03. The molecule has 96 valence electrons. The number of hydrogen-bond acceptors (Lipinski definition) is 5. The van der Waals surface area contributed by atoms with Gasteiger partial charge in [-0.3, -0.25) is 4.98 Å². The van der Waals surface area contributed by atoms with Gasteiger partial charge in [-0.05, 0) is 12.1 Å². The zero-order valence-electron chi connectivity index (χ0n) is 11.0. The Morgan fingerprint density at radius 2 is 2.06 bits per heavy atom. The van der Waals surface area contributed by atoms with Gasteiger partial charge in [0.05, 0.1) is 0 Å². The highest BCUT2D eigenvalue weighted by Gasteiger charge is 2.19. The molecule has 0 aromatic carbocycles. The summed E-state index contributed by atoms with van der Waals surface area (Å²) in [6, 6.07) is 5.96. The lowest BCUT2D eigenvalue weighted by atomic mass is 9.98. The van der Waals surface area contributed by atoms with Gasteiger partial charge in [0.25, 0.3) is 0 Å². The maximum Gasteiger partial charge on any atom is 0.205 e. The maximum absolute atomic E-state index is 4.28. The molecular formula is C13H18N4S. The fourth-order valence-corrected chi connectivity index (χ4v) is 2.27. The van der Waals surface area contributed by atoms with Gasteiger partial charge in [0.2, 0.25) is 5.13 Å². The van der Waals surface area contributed by atoms with E-state index >= 15 is 0 Å². The van der Waals surface area contributed by atoms with Crippen LogP contribution < -0.4 is 5.32 Å². The molecule has 4 nitrogen and oxygen atoms in total. The third kappa shape index (κ3) is 3.50. The van der Waals surface area contributed by atoms with Crippen molar-refractivity contribution in [1.82, 2.24) is 15.2 Å². The van der Waals surface area contributed by atoms with E-state index in [-0.39, 0.29) is 5.41 Å². The molecule has 2 rings (SSSR count). The molecule has 1 N–H and O–H groups in total. The third-order valence-corrected chi connectivity index (χ3v) is 3.76. The van der Waals surface area contributed by atoms with E-state index in [1.54, 1.807) is 11.3 Å². The topological polar surface area (TPSA) is 50.7 Å². The van der Waals surface area contributed by atoms with Crippen LogP contribution in [0.5, 0.6) is 0 Å². The Labute approximate surface area is 111 Å². The zero-order chi connectivity index (χ0) is 13.0. The average molecular weight is 262 g/mol. The first-order chi connectivity index (χ1) is 8.55.